The van der Waals surface area contributed by atoms with Gasteiger partial charge in [-0.25, -0.2) is 4.57 Å². The molecule has 0 bridgehead atoms. The number of aromatic nitrogens is 1. The fraction of sp³-hybridized carbons (Fsp3) is 0.643. The summed E-state index contributed by atoms with van der Waals surface area (Å²) >= 11 is 0. The molecule has 116 valence electrons. The van der Waals surface area contributed by atoms with Crippen molar-refractivity contribution in [3.8, 4) is 0 Å². The van der Waals surface area contributed by atoms with Crippen LogP contribution in [0.15, 0.2) is 24.5 Å². The summed E-state index contributed by atoms with van der Waals surface area (Å²) in [5.41, 5.74) is 1.35. The van der Waals surface area contributed by atoms with Gasteiger partial charge in [0.05, 0.1) is 0 Å². The lowest BCUT2D eigenvalue weighted by molar-refractivity contribution is -0.697. The van der Waals surface area contributed by atoms with E-state index in [-0.39, 0.29) is 0 Å². The van der Waals surface area contributed by atoms with Gasteiger partial charge in [0.15, 0.2) is 12.4 Å². The van der Waals surface area contributed by atoms with Gasteiger partial charge in [-0.3, -0.25) is 0 Å². The van der Waals surface area contributed by atoms with Crippen molar-refractivity contribution in [3.05, 3.63) is 30.1 Å². The Morgan fingerprint density at radius 2 is 1.55 bits per heavy atom. The van der Waals surface area contributed by atoms with Crippen molar-refractivity contribution in [2.75, 3.05) is 0 Å². The molecule has 1 aromatic rings. The van der Waals surface area contributed by atoms with E-state index in [1.54, 1.807) is 0 Å². The maximum Gasteiger partial charge on any atom is 0.673 e. The summed E-state index contributed by atoms with van der Waals surface area (Å²) in [4.78, 5) is 0. The molecule has 0 aliphatic carbocycles. The normalized spacial score (nSPS) is 10.9. The number of aryl methyl sites for hydroxylation is 2. The van der Waals surface area contributed by atoms with Crippen LogP contribution in [0, 0.1) is 6.92 Å². The van der Waals surface area contributed by atoms with Gasteiger partial charge in [0, 0.05) is 18.1 Å². The zero-order valence-corrected chi connectivity index (χ0v) is 12.3. The number of hydrogen-bond donors (Lipinski definition) is 0. The maximum atomic E-state index is 9.75. The molecule has 0 saturated heterocycles. The Morgan fingerprint density at radius 1 is 1.00 bits per heavy atom. The summed E-state index contributed by atoms with van der Waals surface area (Å²) in [7, 11) is -6.00. The maximum absolute atomic E-state index is 9.75. The predicted octanol–water partition coefficient (Wildman–Crippen LogP) is 4.94. The molecule has 0 N–H and O–H groups in total. The molecule has 1 aromatic heterocycles. The molecule has 0 aliphatic rings. The number of hydrogen-bond acceptors (Lipinski definition) is 0. The molecule has 0 aliphatic heterocycles. The fourth-order valence-corrected chi connectivity index (χ4v) is 1.87. The first-order valence-electron chi connectivity index (χ1n) is 7.16. The second-order valence-electron chi connectivity index (χ2n) is 4.88. The monoisotopic (exact) mass is 293 g/mol. The van der Waals surface area contributed by atoms with Crippen LogP contribution in [0.2, 0.25) is 0 Å². The van der Waals surface area contributed by atoms with Gasteiger partial charge in [-0.2, -0.15) is 0 Å². The van der Waals surface area contributed by atoms with E-state index in [0.29, 0.717) is 0 Å². The minimum absolute atomic E-state index is 1.17. The third kappa shape index (κ3) is 15.0. The molecule has 1 heterocycles. The lowest BCUT2D eigenvalue weighted by atomic mass is 10.1. The summed E-state index contributed by atoms with van der Waals surface area (Å²) in [5, 5.41) is 0. The van der Waals surface area contributed by atoms with E-state index in [1.165, 1.54) is 50.6 Å². The molecule has 0 unspecified atom stereocenters. The van der Waals surface area contributed by atoms with E-state index in [0.717, 1.165) is 0 Å². The van der Waals surface area contributed by atoms with Gasteiger partial charge in [0.25, 0.3) is 0 Å². The quantitative estimate of drug-likeness (QED) is 0.290. The van der Waals surface area contributed by atoms with Crippen LogP contribution in [0.4, 0.5) is 17.3 Å². The zero-order chi connectivity index (χ0) is 15.4. The SMILES string of the molecule is CCCCCCCC[n+]1cccc(C)c1.F[B-](F)(F)F. The summed E-state index contributed by atoms with van der Waals surface area (Å²) in [6, 6.07) is 4.28. The lowest BCUT2D eigenvalue weighted by Gasteiger charge is -1.99. The van der Waals surface area contributed by atoms with Crippen LogP contribution in [-0.4, -0.2) is 7.25 Å². The van der Waals surface area contributed by atoms with E-state index >= 15 is 0 Å². The van der Waals surface area contributed by atoms with Crippen molar-refractivity contribution in [2.24, 2.45) is 0 Å². The summed E-state index contributed by atoms with van der Waals surface area (Å²) in [6.07, 6.45) is 12.6. The molecule has 0 saturated carbocycles. The first kappa shape index (κ1) is 18.9. The summed E-state index contributed by atoms with van der Waals surface area (Å²) < 4.78 is 41.3. The Balaban J connectivity index is 0.000000621. The number of unbranched alkanes of at least 4 members (excludes halogenated alkanes) is 5. The Labute approximate surface area is 119 Å². The highest BCUT2D eigenvalue weighted by atomic mass is 19.5. The molecule has 0 radical (unpaired) electrons. The van der Waals surface area contributed by atoms with Crippen LogP contribution in [-0.2, 0) is 6.54 Å². The average Bonchev–Trinajstić information content (AvgIpc) is 2.32. The van der Waals surface area contributed by atoms with Crippen LogP contribution in [0.3, 0.4) is 0 Å². The highest BCUT2D eigenvalue weighted by molar-refractivity contribution is 6.50. The van der Waals surface area contributed by atoms with Gasteiger partial charge in [0.2, 0.25) is 0 Å². The molecule has 20 heavy (non-hydrogen) atoms. The Hall–Kier alpha value is -1.07. The lowest BCUT2D eigenvalue weighted by Crippen LogP contribution is -2.32. The molecular weight excluding hydrogens is 269 g/mol. The number of halogens is 4. The van der Waals surface area contributed by atoms with E-state index in [4.69, 9.17) is 0 Å². The van der Waals surface area contributed by atoms with Gasteiger partial charge in [-0.05, 0) is 19.4 Å². The number of nitrogens with zero attached hydrogens (tertiary/aromatic N) is 1. The van der Waals surface area contributed by atoms with E-state index < -0.39 is 7.25 Å². The third-order valence-corrected chi connectivity index (χ3v) is 2.78. The number of rotatable bonds is 7. The van der Waals surface area contributed by atoms with Crippen molar-refractivity contribution in [3.63, 3.8) is 0 Å². The van der Waals surface area contributed by atoms with Crippen LogP contribution < -0.4 is 4.57 Å². The van der Waals surface area contributed by atoms with Crippen molar-refractivity contribution in [1.29, 1.82) is 0 Å². The Kier molecular flexibility index (Phi) is 10.1. The minimum Gasteiger partial charge on any atom is -0.418 e. The second-order valence-corrected chi connectivity index (χ2v) is 4.88. The number of pyridine rings is 1. The third-order valence-electron chi connectivity index (χ3n) is 2.78. The van der Waals surface area contributed by atoms with Crippen molar-refractivity contribution in [1.82, 2.24) is 0 Å². The molecule has 0 spiro atoms. The molecule has 0 fully saturated rings. The van der Waals surface area contributed by atoms with Crippen molar-refractivity contribution < 1.29 is 21.8 Å². The largest absolute Gasteiger partial charge is 0.673 e. The second kappa shape index (κ2) is 10.7. The Morgan fingerprint density at radius 3 is 2.10 bits per heavy atom. The Bertz CT molecular complexity index is 349. The van der Waals surface area contributed by atoms with Crippen LogP contribution in [0.1, 0.15) is 51.0 Å². The molecular formula is C14H24BF4N. The molecule has 6 heteroatoms. The van der Waals surface area contributed by atoms with E-state index in [1.807, 2.05) is 0 Å². The summed E-state index contributed by atoms with van der Waals surface area (Å²) in [5.74, 6) is 0. The highest BCUT2D eigenvalue weighted by Gasteiger charge is 2.20. The minimum atomic E-state index is -6.00. The highest BCUT2D eigenvalue weighted by Crippen LogP contribution is 2.06. The topological polar surface area (TPSA) is 3.88 Å². The molecule has 1 rings (SSSR count). The van der Waals surface area contributed by atoms with Crippen molar-refractivity contribution in [2.45, 2.75) is 58.9 Å². The van der Waals surface area contributed by atoms with Gasteiger partial charge >= 0.3 is 7.25 Å². The van der Waals surface area contributed by atoms with Gasteiger partial charge in [-0.15, -0.1) is 0 Å². The smallest absolute Gasteiger partial charge is 0.418 e. The average molecular weight is 293 g/mol. The predicted molar refractivity (Wildman–Crippen MR) is 74.9 cm³/mol. The molecule has 0 atom stereocenters. The van der Waals surface area contributed by atoms with Crippen LogP contribution >= 0.6 is 0 Å². The fourth-order valence-electron chi connectivity index (χ4n) is 1.87. The first-order chi connectivity index (χ1) is 9.33. The molecule has 0 amide bonds. The van der Waals surface area contributed by atoms with Gasteiger partial charge < -0.3 is 17.3 Å². The molecule has 1 nitrogen and oxygen atoms in total. The standard InChI is InChI=1S/C14H24N.BF4/c1-3-4-5-6-7-8-11-15-12-9-10-14(2)13-15;2-1(3,4)5/h9-10,12-13H,3-8,11H2,1-2H3;/q+1;-1. The summed E-state index contributed by atoms with van der Waals surface area (Å²) in [6.45, 7) is 5.59. The van der Waals surface area contributed by atoms with E-state index in [2.05, 4.69) is 42.9 Å². The van der Waals surface area contributed by atoms with Crippen LogP contribution in [0.5, 0.6) is 0 Å². The first-order valence-corrected chi connectivity index (χ1v) is 7.16. The van der Waals surface area contributed by atoms with Gasteiger partial charge in [0.1, 0.15) is 6.54 Å². The molecule has 0 aromatic carbocycles. The van der Waals surface area contributed by atoms with Crippen molar-refractivity contribution >= 4 is 7.25 Å². The van der Waals surface area contributed by atoms with Gasteiger partial charge in [-0.1, -0.05) is 32.6 Å². The zero-order valence-electron chi connectivity index (χ0n) is 12.3. The van der Waals surface area contributed by atoms with Crippen LogP contribution in [0.25, 0.3) is 0 Å². The van der Waals surface area contributed by atoms with E-state index in [9.17, 15) is 17.3 Å².